The molecule has 0 radical (unpaired) electrons. The Morgan fingerprint density at radius 1 is 1.26 bits per heavy atom. The minimum Gasteiger partial charge on any atom is -0.493 e. The van der Waals surface area contributed by atoms with Crippen LogP contribution in [0, 0.1) is 0 Å². The normalized spacial score (nSPS) is 11.6. The number of benzene rings is 1. The largest absolute Gasteiger partial charge is 0.493 e. The molecular formula is C13H20O5S. The molecule has 0 heterocycles. The highest BCUT2D eigenvalue weighted by Crippen LogP contribution is 2.28. The van der Waals surface area contributed by atoms with E-state index in [-0.39, 0.29) is 19.0 Å². The van der Waals surface area contributed by atoms with Crippen LogP contribution in [0.1, 0.15) is 19.4 Å². The van der Waals surface area contributed by atoms with Crippen LogP contribution in [-0.2, 0) is 16.4 Å². The maximum Gasteiger partial charge on any atom is 0.161 e. The number of rotatable bonds is 7. The summed E-state index contributed by atoms with van der Waals surface area (Å²) in [5.74, 6) is 0.919. The fourth-order valence-electron chi connectivity index (χ4n) is 1.43. The molecule has 5 nitrogen and oxygen atoms in total. The van der Waals surface area contributed by atoms with E-state index < -0.39 is 15.1 Å². The van der Waals surface area contributed by atoms with E-state index in [1.807, 2.05) is 0 Å². The van der Waals surface area contributed by atoms with Gasteiger partial charge < -0.3 is 14.6 Å². The molecule has 0 fully saturated rings. The Bertz CT molecular complexity index is 508. The molecule has 0 spiro atoms. The number of aliphatic hydroxyl groups excluding tert-OH is 1. The minimum absolute atomic E-state index is 0.0322. The molecule has 1 rings (SSSR count). The first-order valence-electron chi connectivity index (χ1n) is 6.03. The van der Waals surface area contributed by atoms with E-state index in [0.717, 1.165) is 0 Å². The maximum atomic E-state index is 11.6. The third kappa shape index (κ3) is 4.40. The molecule has 0 aliphatic rings. The second-order valence-electron chi connectivity index (χ2n) is 4.41. The first-order valence-corrected chi connectivity index (χ1v) is 7.74. The van der Waals surface area contributed by atoms with E-state index in [4.69, 9.17) is 14.6 Å². The lowest BCUT2D eigenvalue weighted by molar-refractivity contribution is 0.279. The van der Waals surface area contributed by atoms with Gasteiger partial charge in [0.15, 0.2) is 21.3 Å². The number of aliphatic hydroxyl groups is 1. The van der Waals surface area contributed by atoms with Gasteiger partial charge in [0, 0.05) is 0 Å². The Morgan fingerprint density at radius 2 is 1.95 bits per heavy atom. The number of ether oxygens (including phenoxy) is 2. The van der Waals surface area contributed by atoms with Crippen molar-refractivity contribution in [3.05, 3.63) is 23.8 Å². The van der Waals surface area contributed by atoms with Gasteiger partial charge in [-0.1, -0.05) is 6.07 Å². The third-order valence-corrected chi connectivity index (χ3v) is 4.93. The van der Waals surface area contributed by atoms with Crippen molar-refractivity contribution in [2.45, 2.75) is 25.7 Å². The average molecular weight is 288 g/mol. The quantitative estimate of drug-likeness (QED) is 0.821. The highest BCUT2D eigenvalue weighted by molar-refractivity contribution is 7.91. The molecule has 1 aromatic rings. The van der Waals surface area contributed by atoms with Gasteiger partial charge in [0.1, 0.15) is 6.61 Å². The van der Waals surface area contributed by atoms with Crippen LogP contribution >= 0.6 is 0 Å². The van der Waals surface area contributed by atoms with E-state index in [1.165, 1.54) is 7.11 Å². The first kappa shape index (κ1) is 15.8. The van der Waals surface area contributed by atoms with Gasteiger partial charge in [-0.15, -0.1) is 0 Å². The summed E-state index contributed by atoms with van der Waals surface area (Å²) in [5.41, 5.74) is 0.707. The molecule has 1 aromatic carbocycles. The minimum atomic E-state index is -3.11. The summed E-state index contributed by atoms with van der Waals surface area (Å²) in [6.45, 7) is 3.28. The van der Waals surface area contributed by atoms with Crippen molar-refractivity contribution < 1.29 is 23.0 Å². The van der Waals surface area contributed by atoms with Gasteiger partial charge in [-0.2, -0.15) is 0 Å². The molecule has 0 aliphatic carbocycles. The summed E-state index contributed by atoms with van der Waals surface area (Å²) in [6, 6.07) is 5.02. The molecule has 0 aromatic heterocycles. The highest BCUT2D eigenvalue weighted by Gasteiger charge is 2.16. The van der Waals surface area contributed by atoms with Crippen molar-refractivity contribution in [3.8, 4) is 11.5 Å². The SMILES string of the molecule is COc1cc(CO)ccc1OCCS(=O)(=O)C(C)C. The van der Waals surface area contributed by atoms with E-state index in [2.05, 4.69) is 0 Å². The van der Waals surface area contributed by atoms with Crippen molar-refractivity contribution in [3.63, 3.8) is 0 Å². The zero-order valence-corrected chi connectivity index (χ0v) is 12.2. The Hall–Kier alpha value is -1.27. The number of hydrogen-bond acceptors (Lipinski definition) is 5. The molecule has 19 heavy (non-hydrogen) atoms. The second kappa shape index (κ2) is 6.77. The molecule has 0 amide bonds. The molecule has 6 heteroatoms. The van der Waals surface area contributed by atoms with Crippen LogP contribution < -0.4 is 9.47 Å². The molecular weight excluding hydrogens is 268 g/mol. The molecule has 0 saturated heterocycles. The van der Waals surface area contributed by atoms with Gasteiger partial charge in [0.2, 0.25) is 0 Å². The predicted octanol–water partition coefficient (Wildman–Crippen LogP) is 1.39. The van der Waals surface area contributed by atoms with Crippen molar-refractivity contribution >= 4 is 9.84 Å². The van der Waals surface area contributed by atoms with Crippen molar-refractivity contribution in [2.24, 2.45) is 0 Å². The second-order valence-corrected chi connectivity index (χ2v) is 7.08. The van der Waals surface area contributed by atoms with Gasteiger partial charge in [-0.25, -0.2) is 8.42 Å². The smallest absolute Gasteiger partial charge is 0.161 e. The Balaban J connectivity index is 2.68. The summed E-state index contributed by atoms with van der Waals surface area (Å²) >= 11 is 0. The summed E-state index contributed by atoms with van der Waals surface area (Å²) in [6.07, 6.45) is 0. The average Bonchev–Trinajstić information content (AvgIpc) is 2.38. The molecule has 1 N–H and O–H groups in total. The van der Waals surface area contributed by atoms with Gasteiger partial charge in [-0.05, 0) is 31.5 Å². The van der Waals surface area contributed by atoms with Crippen molar-refractivity contribution in [1.29, 1.82) is 0 Å². The zero-order valence-electron chi connectivity index (χ0n) is 11.4. The summed E-state index contributed by atoms with van der Waals surface area (Å²) in [7, 11) is -1.61. The summed E-state index contributed by atoms with van der Waals surface area (Å²) in [4.78, 5) is 0. The zero-order chi connectivity index (χ0) is 14.5. The monoisotopic (exact) mass is 288 g/mol. The Morgan fingerprint density at radius 3 is 2.47 bits per heavy atom. The lowest BCUT2D eigenvalue weighted by Crippen LogP contribution is -2.22. The van der Waals surface area contributed by atoms with E-state index in [9.17, 15) is 8.42 Å². The van der Waals surface area contributed by atoms with Crippen molar-refractivity contribution in [2.75, 3.05) is 19.5 Å². The molecule has 0 atom stereocenters. The van der Waals surface area contributed by atoms with Crippen LogP contribution in [0.2, 0.25) is 0 Å². The van der Waals surface area contributed by atoms with Crippen LogP contribution in [0.5, 0.6) is 11.5 Å². The van der Waals surface area contributed by atoms with Crippen LogP contribution in [0.4, 0.5) is 0 Å². The topological polar surface area (TPSA) is 72.8 Å². The number of methoxy groups -OCH3 is 1. The number of hydrogen-bond donors (Lipinski definition) is 1. The standard InChI is InChI=1S/C13H20O5S/c1-10(2)19(15,16)7-6-18-12-5-4-11(9-14)8-13(12)17-3/h4-5,8,10,14H,6-7,9H2,1-3H3. The molecule has 0 unspecified atom stereocenters. The number of sulfone groups is 1. The highest BCUT2D eigenvalue weighted by atomic mass is 32.2. The fourth-order valence-corrected chi connectivity index (χ4v) is 2.22. The summed E-state index contributed by atoms with van der Waals surface area (Å²) in [5, 5.41) is 8.61. The predicted molar refractivity (Wildman–Crippen MR) is 73.3 cm³/mol. The van der Waals surface area contributed by atoms with E-state index in [1.54, 1.807) is 32.0 Å². The molecule has 0 saturated carbocycles. The molecule has 108 valence electrons. The van der Waals surface area contributed by atoms with Gasteiger partial charge in [0.25, 0.3) is 0 Å². The van der Waals surface area contributed by atoms with E-state index in [0.29, 0.717) is 17.1 Å². The third-order valence-electron chi connectivity index (χ3n) is 2.75. The van der Waals surface area contributed by atoms with E-state index >= 15 is 0 Å². The lowest BCUT2D eigenvalue weighted by atomic mass is 10.2. The Labute approximate surface area is 114 Å². The van der Waals surface area contributed by atoms with Gasteiger partial charge >= 0.3 is 0 Å². The first-order chi connectivity index (χ1) is 8.90. The lowest BCUT2D eigenvalue weighted by Gasteiger charge is -2.12. The molecule has 0 aliphatic heterocycles. The van der Waals surface area contributed by atoms with Crippen LogP contribution in [0.25, 0.3) is 0 Å². The fraction of sp³-hybridized carbons (Fsp3) is 0.538. The van der Waals surface area contributed by atoms with Crippen molar-refractivity contribution in [1.82, 2.24) is 0 Å². The van der Waals surface area contributed by atoms with Gasteiger partial charge in [0.05, 0.1) is 24.7 Å². The van der Waals surface area contributed by atoms with Gasteiger partial charge in [-0.3, -0.25) is 0 Å². The maximum absolute atomic E-state index is 11.6. The Kier molecular flexibility index (Phi) is 5.62. The van der Waals surface area contributed by atoms with Crippen LogP contribution in [0.15, 0.2) is 18.2 Å². The van der Waals surface area contributed by atoms with Crippen LogP contribution in [0.3, 0.4) is 0 Å². The molecule has 0 bridgehead atoms. The van der Waals surface area contributed by atoms with Crippen LogP contribution in [-0.4, -0.2) is 38.2 Å². The summed E-state index contributed by atoms with van der Waals surface area (Å²) < 4.78 is 33.8.